The van der Waals surface area contributed by atoms with E-state index in [1.165, 1.54) is 28.8 Å². The van der Waals surface area contributed by atoms with Crippen molar-refractivity contribution in [3.8, 4) is 0 Å². The van der Waals surface area contributed by atoms with E-state index in [1.54, 1.807) is 12.1 Å². The summed E-state index contributed by atoms with van der Waals surface area (Å²) in [6.45, 7) is 0.267. The predicted molar refractivity (Wildman–Crippen MR) is 124 cm³/mol. The average Bonchev–Trinajstić information content (AvgIpc) is 3.33. The number of para-hydroxylation sites is 1. The monoisotopic (exact) mass is 442 g/mol. The molecular weight excluding hydrogens is 423 g/mol. The van der Waals surface area contributed by atoms with Crippen LogP contribution in [0.25, 0.3) is 16.5 Å². The topological polar surface area (TPSA) is 53.2 Å². The summed E-state index contributed by atoms with van der Waals surface area (Å²) >= 11 is 1.27. The minimum atomic E-state index is -0.389. The van der Waals surface area contributed by atoms with Crippen LogP contribution in [0.15, 0.2) is 94.9 Å². The van der Waals surface area contributed by atoms with Gasteiger partial charge >= 0.3 is 0 Å². The van der Waals surface area contributed by atoms with Crippen LogP contribution in [0.1, 0.15) is 11.1 Å². The van der Waals surface area contributed by atoms with Crippen molar-refractivity contribution >= 4 is 40.1 Å². The molecule has 5 rings (SSSR count). The minimum absolute atomic E-state index is 0.267. The summed E-state index contributed by atoms with van der Waals surface area (Å²) in [5.74, 6) is -1.05. The molecule has 0 aliphatic carbocycles. The molecule has 32 heavy (non-hydrogen) atoms. The molecule has 0 saturated carbocycles. The zero-order valence-electron chi connectivity index (χ0n) is 17.0. The molecule has 1 aromatic heterocycles. The molecule has 0 unspecified atom stereocenters. The van der Waals surface area contributed by atoms with E-state index < -0.39 is 0 Å². The first-order valence-electron chi connectivity index (χ1n) is 10.3. The Kier molecular flexibility index (Phi) is 5.37. The van der Waals surface area contributed by atoms with E-state index >= 15 is 0 Å². The van der Waals surface area contributed by atoms with Gasteiger partial charge in [-0.25, -0.2) is 4.39 Å². The Balaban J connectivity index is 1.46. The molecule has 0 atom stereocenters. The Morgan fingerprint density at radius 1 is 0.844 bits per heavy atom. The van der Waals surface area contributed by atoms with Crippen LogP contribution in [-0.2, 0) is 16.0 Å². The van der Waals surface area contributed by atoms with Gasteiger partial charge < -0.3 is 4.98 Å². The molecule has 6 heteroatoms. The maximum atomic E-state index is 13.5. The quantitative estimate of drug-likeness (QED) is 0.406. The summed E-state index contributed by atoms with van der Waals surface area (Å²) in [5.41, 5.74) is 2.93. The van der Waals surface area contributed by atoms with E-state index in [0.29, 0.717) is 22.5 Å². The van der Waals surface area contributed by atoms with Gasteiger partial charge in [-0.1, -0.05) is 60.3 Å². The second-order valence-corrected chi connectivity index (χ2v) is 8.58. The molecule has 1 N–H and O–H groups in total. The lowest BCUT2D eigenvalue weighted by atomic mass is 10.1. The van der Waals surface area contributed by atoms with E-state index in [2.05, 4.69) is 4.98 Å². The highest BCUT2D eigenvalue weighted by Gasteiger charge is 2.39. The van der Waals surface area contributed by atoms with Crippen LogP contribution in [0.4, 0.5) is 4.39 Å². The smallest absolute Gasteiger partial charge is 0.268 e. The molecule has 4 nitrogen and oxygen atoms in total. The first-order chi connectivity index (χ1) is 15.6. The molecule has 0 saturated heterocycles. The second-order valence-electron chi connectivity index (χ2n) is 7.50. The summed E-state index contributed by atoms with van der Waals surface area (Å²) in [6, 6.07) is 23.1. The molecule has 0 fully saturated rings. The molecule has 1 aliphatic heterocycles. The zero-order chi connectivity index (χ0) is 22.1. The van der Waals surface area contributed by atoms with Gasteiger partial charge in [0.2, 0.25) is 0 Å². The van der Waals surface area contributed by atoms with Crippen LogP contribution in [-0.4, -0.2) is 28.2 Å². The zero-order valence-corrected chi connectivity index (χ0v) is 17.9. The van der Waals surface area contributed by atoms with Crippen LogP contribution < -0.4 is 0 Å². The Morgan fingerprint density at radius 3 is 2.34 bits per heavy atom. The maximum absolute atomic E-state index is 13.5. The van der Waals surface area contributed by atoms with E-state index in [4.69, 9.17) is 0 Å². The molecule has 2 amide bonds. The fraction of sp³-hybridized carbons (Fsp3) is 0.0769. The number of rotatable bonds is 6. The van der Waals surface area contributed by atoms with Crippen molar-refractivity contribution in [1.82, 2.24) is 9.88 Å². The van der Waals surface area contributed by atoms with Gasteiger partial charge in [0.25, 0.3) is 11.8 Å². The van der Waals surface area contributed by atoms with Gasteiger partial charge in [0.05, 0.1) is 10.5 Å². The Hall–Kier alpha value is -3.64. The van der Waals surface area contributed by atoms with Gasteiger partial charge in [0.1, 0.15) is 5.82 Å². The number of aromatic amines is 1. The summed E-state index contributed by atoms with van der Waals surface area (Å²) in [7, 11) is 0. The number of imide groups is 1. The van der Waals surface area contributed by atoms with Gasteiger partial charge in [-0.05, 0) is 47.9 Å². The van der Waals surface area contributed by atoms with Crippen molar-refractivity contribution in [1.29, 1.82) is 0 Å². The fourth-order valence-electron chi connectivity index (χ4n) is 3.90. The first-order valence-corrected chi connectivity index (χ1v) is 11.1. The number of hydrogen-bond acceptors (Lipinski definition) is 3. The van der Waals surface area contributed by atoms with E-state index in [-0.39, 0.29) is 24.2 Å². The summed E-state index contributed by atoms with van der Waals surface area (Å²) in [4.78, 5) is 32.5. The van der Waals surface area contributed by atoms with Crippen molar-refractivity contribution in [3.63, 3.8) is 0 Å². The van der Waals surface area contributed by atoms with Crippen LogP contribution in [0.2, 0.25) is 0 Å². The second kappa shape index (κ2) is 8.48. The van der Waals surface area contributed by atoms with Gasteiger partial charge in [0, 0.05) is 28.5 Å². The number of carbonyl (C=O) groups is 2. The summed E-state index contributed by atoms with van der Waals surface area (Å²) in [6.07, 6.45) is 2.46. The van der Waals surface area contributed by atoms with E-state index in [1.807, 2.05) is 60.8 Å². The third kappa shape index (κ3) is 3.74. The van der Waals surface area contributed by atoms with Crippen molar-refractivity contribution in [2.45, 2.75) is 11.3 Å². The molecular formula is C26H19FN2O2S. The molecule has 0 radical (unpaired) electrons. The number of nitrogens with zero attached hydrogens (tertiary/aromatic N) is 1. The lowest BCUT2D eigenvalue weighted by Gasteiger charge is -2.15. The number of fused-ring (bicyclic) bond motifs is 1. The van der Waals surface area contributed by atoms with Crippen molar-refractivity contribution < 1.29 is 14.0 Å². The van der Waals surface area contributed by atoms with Crippen molar-refractivity contribution in [2.24, 2.45) is 0 Å². The largest absolute Gasteiger partial charge is 0.361 e. The number of carbonyl (C=O) groups excluding carboxylic acids is 2. The van der Waals surface area contributed by atoms with Crippen molar-refractivity contribution in [3.05, 3.63) is 107 Å². The SMILES string of the molecule is O=C1C(Sc2ccccc2)=C(c2ccc(F)cc2)C(=O)N1CCc1c[nH]c2ccccc12. The average molecular weight is 443 g/mol. The summed E-state index contributed by atoms with van der Waals surface area (Å²) < 4.78 is 13.5. The number of nitrogens with one attached hydrogen (secondary N) is 1. The van der Waals surface area contributed by atoms with Crippen LogP contribution in [0.5, 0.6) is 0 Å². The van der Waals surface area contributed by atoms with Crippen LogP contribution >= 0.6 is 11.8 Å². The van der Waals surface area contributed by atoms with Gasteiger partial charge in [-0.15, -0.1) is 0 Å². The Labute approximate surface area is 188 Å². The van der Waals surface area contributed by atoms with E-state index in [9.17, 15) is 14.0 Å². The third-order valence-electron chi connectivity index (χ3n) is 5.50. The predicted octanol–water partition coefficient (Wildman–Crippen LogP) is 5.42. The molecule has 158 valence electrons. The highest BCUT2D eigenvalue weighted by Crippen LogP contribution is 2.39. The molecule has 4 aromatic rings. The number of benzene rings is 3. The third-order valence-corrected chi connectivity index (χ3v) is 6.59. The van der Waals surface area contributed by atoms with Gasteiger partial charge in [-0.3, -0.25) is 14.5 Å². The molecule has 3 aromatic carbocycles. The maximum Gasteiger partial charge on any atom is 0.268 e. The minimum Gasteiger partial charge on any atom is -0.361 e. The Bertz CT molecular complexity index is 1340. The highest BCUT2D eigenvalue weighted by atomic mass is 32.2. The normalized spacial score (nSPS) is 14.1. The van der Waals surface area contributed by atoms with Gasteiger partial charge in [0.15, 0.2) is 0 Å². The number of H-pyrrole nitrogens is 1. The number of thioether (sulfide) groups is 1. The lowest BCUT2D eigenvalue weighted by Crippen LogP contribution is -2.33. The number of aromatic nitrogens is 1. The lowest BCUT2D eigenvalue weighted by molar-refractivity contribution is -0.136. The fourth-order valence-corrected chi connectivity index (χ4v) is 4.93. The molecule has 0 bridgehead atoms. The number of amides is 2. The van der Waals surface area contributed by atoms with Gasteiger partial charge in [-0.2, -0.15) is 0 Å². The number of halogens is 1. The van der Waals surface area contributed by atoms with E-state index in [0.717, 1.165) is 21.4 Å². The van der Waals surface area contributed by atoms with Crippen LogP contribution in [0.3, 0.4) is 0 Å². The molecule has 0 spiro atoms. The Morgan fingerprint density at radius 2 is 1.56 bits per heavy atom. The molecule has 1 aliphatic rings. The van der Waals surface area contributed by atoms with Crippen molar-refractivity contribution in [2.75, 3.05) is 6.54 Å². The first kappa shape index (κ1) is 20.3. The number of hydrogen-bond donors (Lipinski definition) is 1. The standard InChI is InChI=1S/C26H19FN2O2S/c27-19-12-10-17(11-13-19)23-24(32-20-6-2-1-3-7-20)26(31)29(25(23)30)15-14-18-16-28-22-9-5-4-8-21(18)22/h1-13,16,28H,14-15H2. The summed E-state index contributed by atoms with van der Waals surface area (Å²) in [5, 5.41) is 1.08. The molecule has 2 heterocycles. The highest BCUT2D eigenvalue weighted by molar-refractivity contribution is 8.04. The van der Waals surface area contributed by atoms with Crippen LogP contribution in [0, 0.1) is 5.82 Å².